The molecule has 0 saturated carbocycles. The molecule has 2 amide bonds. The zero-order valence-corrected chi connectivity index (χ0v) is 14.8. The van der Waals surface area contributed by atoms with Crippen molar-refractivity contribution in [1.82, 2.24) is 4.90 Å². The molecule has 7 heteroatoms. The third kappa shape index (κ3) is 4.54. The molecule has 1 aliphatic rings. The van der Waals surface area contributed by atoms with Crippen molar-refractivity contribution in [2.75, 3.05) is 18.4 Å². The summed E-state index contributed by atoms with van der Waals surface area (Å²) in [5.41, 5.74) is 0.478. The van der Waals surface area contributed by atoms with Gasteiger partial charge in [0.2, 0.25) is 0 Å². The van der Waals surface area contributed by atoms with E-state index in [1.807, 2.05) is 20.8 Å². The topological polar surface area (TPSA) is 78.9 Å². The zero-order valence-electron chi connectivity index (χ0n) is 14.1. The van der Waals surface area contributed by atoms with Crippen LogP contribution in [0.25, 0.3) is 0 Å². The van der Waals surface area contributed by atoms with Crippen molar-refractivity contribution >= 4 is 29.3 Å². The third-order valence-electron chi connectivity index (χ3n) is 3.86. The number of piperidine rings is 1. The summed E-state index contributed by atoms with van der Waals surface area (Å²) in [4.78, 5) is 25.3. The van der Waals surface area contributed by atoms with Gasteiger partial charge in [0, 0.05) is 13.1 Å². The molecule has 2 atom stereocenters. The highest BCUT2D eigenvalue weighted by atomic mass is 35.5. The Bertz CT molecular complexity index is 621. The van der Waals surface area contributed by atoms with E-state index < -0.39 is 11.9 Å². The van der Waals surface area contributed by atoms with Crippen LogP contribution in [0.5, 0.6) is 5.75 Å². The highest BCUT2D eigenvalue weighted by Gasteiger charge is 2.32. The molecule has 2 rings (SSSR count). The molecule has 0 aliphatic carbocycles. The number of aliphatic carboxylic acids is 1. The lowest BCUT2D eigenvalue weighted by molar-refractivity contribution is -0.143. The summed E-state index contributed by atoms with van der Waals surface area (Å²) < 4.78 is 5.69. The fourth-order valence-electron chi connectivity index (χ4n) is 2.85. The number of para-hydroxylation sites is 1. The summed E-state index contributed by atoms with van der Waals surface area (Å²) in [5.74, 6) is -0.852. The molecule has 1 saturated heterocycles. The van der Waals surface area contributed by atoms with Crippen molar-refractivity contribution in [3.05, 3.63) is 23.2 Å². The number of carboxylic acids is 1. The monoisotopic (exact) mass is 354 g/mol. The number of urea groups is 1. The van der Waals surface area contributed by atoms with Crippen LogP contribution >= 0.6 is 11.6 Å². The Hall–Kier alpha value is -1.95. The van der Waals surface area contributed by atoms with Crippen molar-refractivity contribution < 1.29 is 19.4 Å². The molecule has 1 heterocycles. The van der Waals surface area contributed by atoms with Gasteiger partial charge >= 0.3 is 12.0 Å². The molecule has 1 aliphatic heterocycles. The quantitative estimate of drug-likeness (QED) is 0.864. The molecule has 1 aromatic carbocycles. The van der Waals surface area contributed by atoms with Crippen LogP contribution in [0, 0.1) is 11.8 Å². The van der Waals surface area contributed by atoms with Crippen LogP contribution in [0.3, 0.4) is 0 Å². The van der Waals surface area contributed by atoms with Gasteiger partial charge in [-0.3, -0.25) is 4.79 Å². The average Bonchev–Trinajstić information content (AvgIpc) is 2.49. The highest BCUT2D eigenvalue weighted by Crippen LogP contribution is 2.34. The number of carbonyl (C=O) groups excluding carboxylic acids is 1. The Morgan fingerprint density at radius 3 is 2.71 bits per heavy atom. The number of benzene rings is 1. The number of hydrogen-bond acceptors (Lipinski definition) is 3. The smallest absolute Gasteiger partial charge is 0.321 e. The summed E-state index contributed by atoms with van der Waals surface area (Å²) in [5, 5.41) is 12.4. The number of hydrogen-bond donors (Lipinski definition) is 2. The average molecular weight is 355 g/mol. The number of likely N-dealkylation sites (tertiary alicyclic amines) is 1. The van der Waals surface area contributed by atoms with E-state index >= 15 is 0 Å². The maximum atomic E-state index is 12.6. The van der Waals surface area contributed by atoms with Gasteiger partial charge in [0.05, 0.1) is 22.7 Å². The van der Waals surface area contributed by atoms with Crippen LogP contribution in [-0.2, 0) is 4.79 Å². The summed E-state index contributed by atoms with van der Waals surface area (Å²) in [6.07, 6.45) is 0.491. The molecule has 0 aromatic heterocycles. The van der Waals surface area contributed by atoms with Crippen LogP contribution in [0.4, 0.5) is 10.5 Å². The van der Waals surface area contributed by atoms with E-state index in [0.29, 0.717) is 29.4 Å². The number of halogens is 1. The predicted molar refractivity (Wildman–Crippen MR) is 92.7 cm³/mol. The van der Waals surface area contributed by atoms with E-state index in [0.717, 1.165) is 0 Å². The van der Waals surface area contributed by atoms with Crippen molar-refractivity contribution in [1.29, 1.82) is 0 Å². The van der Waals surface area contributed by atoms with Gasteiger partial charge in [0.25, 0.3) is 0 Å². The van der Waals surface area contributed by atoms with Crippen molar-refractivity contribution in [2.45, 2.75) is 33.3 Å². The van der Waals surface area contributed by atoms with Gasteiger partial charge in [-0.05, 0) is 38.3 Å². The zero-order chi connectivity index (χ0) is 17.9. The fourth-order valence-corrected chi connectivity index (χ4v) is 3.07. The van der Waals surface area contributed by atoms with Crippen LogP contribution in [0.2, 0.25) is 5.02 Å². The lowest BCUT2D eigenvalue weighted by atomic mass is 9.91. The second-order valence-electron chi connectivity index (χ2n) is 6.49. The van der Waals surface area contributed by atoms with Crippen LogP contribution in [0.15, 0.2) is 18.2 Å². The first-order chi connectivity index (χ1) is 11.3. The Morgan fingerprint density at radius 2 is 2.08 bits per heavy atom. The largest absolute Gasteiger partial charge is 0.487 e. The highest BCUT2D eigenvalue weighted by molar-refractivity contribution is 6.32. The first kappa shape index (κ1) is 18.4. The molecule has 132 valence electrons. The lowest BCUT2D eigenvalue weighted by Crippen LogP contribution is -2.47. The van der Waals surface area contributed by atoms with E-state index in [1.54, 1.807) is 18.2 Å². The Balaban J connectivity index is 2.14. The molecule has 0 radical (unpaired) electrons. The predicted octanol–water partition coefficient (Wildman–Crippen LogP) is 3.70. The Kier molecular flexibility index (Phi) is 5.94. The molecular formula is C17H23ClN2O4. The SMILES string of the molecule is CC1CC(C(=O)O)CN(C(=O)Nc2cccc(Cl)c2OC(C)C)C1. The molecule has 2 unspecified atom stereocenters. The minimum absolute atomic E-state index is 0.0908. The Labute approximate surface area is 146 Å². The standard InChI is InChI=1S/C17H23ClN2O4/c1-10(2)24-15-13(18)5-4-6-14(15)19-17(23)20-8-11(3)7-12(9-20)16(21)22/h4-6,10-12H,7-9H2,1-3H3,(H,19,23)(H,21,22). The fraction of sp³-hybridized carbons (Fsp3) is 0.529. The maximum Gasteiger partial charge on any atom is 0.321 e. The van der Waals surface area contributed by atoms with E-state index in [9.17, 15) is 14.7 Å². The van der Waals surface area contributed by atoms with Gasteiger partial charge < -0.3 is 20.1 Å². The number of ether oxygens (including phenoxy) is 1. The van der Waals surface area contributed by atoms with Gasteiger partial charge in [-0.25, -0.2) is 4.79 Å². The first-order valence-electron chi connectivity index (χ1n) is 8.01. The molecule has 24 heavy (non-hydrogen) atoms. The molecule has 0 spiro atoms. The van der Waals surface area contributed by atoms with Gasteiger partial charge in [-0.1, -0.05) is 24.6 Å². The van der Waals surface area contributed by atoms with Gasteiger partial charge in [-0.15, -0.1) is 0 Å². The summed E-state index contributed by atoms with van der Waals surface area (Å²) in [6.45, 7) is 6.42. The molecule has 0 bridgehead atoms. The van der Waals surface area contributed by atoms with Crippen LogP contribution in [0.1, 0.15) is 27.2 Å². The first-order valence-corrected chi connectivity index (χ1v) is 8.39. The molecule has 6 nitrogen and oxygen atoms in total. The van der Waals surface area contributed by atoms with E-state index in [2.05, 4.69) is 5.32 Å². The molecule has 1 fully saturated rings. The number of amides is 2. The van der Waals surface area contributed by atoms with Crippen molar-refractivity contribution in [3.8, 4) is 5.75 Å². The number of nitrogens with one attached hydrogen (secondary N) is 1. The number of nitrogens with zero attached hydrogens (tertiary/aromatic N) is 1. The minimum atomic E-state index is -0.870. The summed E-state index contributed by atoms with van der Waals surface area (Å²) >= 11 is 6.16. The van der Waals surface area contributed by atoms with Crippen LogP contribution < -0.4 is 10.1 Å². The lowest BCUT2D eigenvalue weighted by Gasteiger charge is -2.34. The second-order valence-corrected chi connectivity index (χ2v) is 6.90. The van der Waals surface area contributed by atoms with E-state index in [1.165, 1.54) is 4.90 Å². The normalized spacial score (nSPS) is 20.8. The van der Waals surface area contributed by atoms with Crippen molar-refractivity contribution in [2.24, 2.45) is 11.8 Å². The minimum Gasteiger partial charge on any atom is -0.487 e. The van der Waals surface area contributed by atoms with Crippen molar-refractivity contribution in [3.63, 3.8) is 0 Å². The van der Waals surface area contributed by atoms with Gasteiger partial charge in [0.15, 0.2) is 5.75 Å². The van der Waals surface area contributed by atoms with Crippen LogP contribution in [-0.4, -0.2) is 41.2 Å². The number of carbonyl (C=O) groups is 2. The third-order valence-corrected chi connectivity index (χ3v) is 4.16. The summed E-state index contributed by atoms with van der Waals surface area (Å²) in [7, 11) is 0. The number of anilines is 1. The number of carboxylic acid groups (broad SMARTS) is 1. The second kappa shape index (κ2) is 7.75. The maximum absolute atomic E-state index is 12.6. The van der Waals surface area contributed by atoms with Gasteiger partial charge in [0.1, 0.15) is 0 Å². The molecular weight excluding hydrogens is 332 g/mol. The summed E-state index contributed by atoms with van der Waals surface area (Å²) in [6, 6.07) is 4.79. The number of rotatable bonds is 4. The van der Waals surface area contributed by atoms with Gasteiger partial charge in [-0.2, -0.15) is 0 Å². The van der Waals surface area contributed by atoms with E-state index in [4.69, 9.17) is 16.3 Å². The molecule has 2 N–H and O–H groups in total. The molecule has 1 aromatic rings. The Morgan fingerprint density at radius 1 is 1.38 bits per heavy atom. The van der Waals surface area contributed by atoms with E-state index in [-0.39, 0.29) is 24.6 Å².